The Morgan fingerprint density at radius 2 is 1.62 bits per heavy atom. The second-order valence-electron chi connectivity index (χ2n) is 7.37. The summed E-state index contributed by atoms with van der Waals surface area (Å²) >= 11 is 0. The van der Waals surface area contributed by atoms with Crippen LogP contribution in [0.4, 0.5) is 11.4 Å². The third kappa shape index (κ3) is 4.18. The average molecular weight is 349 g/mol. The zero-order chi connectivity index (χ0) is 17.8. The third-order valence-corrected chi connectivity index (χ3v) is 5.22. The summed E-state index contributed by atoms with van der Waals surface area (Å²) < 4.78 is 0. The fraction of sp³-hybridized carbons (Fsp3) is 0.409. The summed E-state index contributed by atoms with van der Waals surface area (Å²) in [7, 11) is 0. The van der Waals surface area contributed by atoms with Crippen molar-refractivity contribution in [3.05, 3.63) is 60.2 Å². The van der Waals surface area contributed by atoms with Crippen molar-refractivity contribution in [1.29, 1.82) is 0 Å². The Kier molecular flexibility index (Phi) is 5.09. The Morgan fingerprint density at radius 3 is 2.27 bits per heavy atom. The number of amides is 1. The summed E-state index contributed by atoms with van der Waals surface area (Å²) in [5.41, 5.74) is 3.24. The molecule has 2 aromatic carbocycles. The number of nitrogens with one attached hydrogen (secondary N) is 2. The van der Waals surface area contributed by atoms with Crippen molar-refractivity contribution in [2.24, 2.45) is 0 Å². The molecule has 0 bridgehead atoms. The van der Waals surface area contributed by atoms with Crippen LogP contribution in [-0.4, -0.2) is 25.0 Å². The van der Waals surface area contributed by atoms with Crippen LogP contribution in [0.3, 0.4) is 0 Å². The molecule has 136 valence electrons. The van der Waals surface area contributed by atoms with Gasteiger partial charge in [-0.25, -0.2) is 0 Å². The van der Waals surface area contributed by atoms with Crippen molar-refractivity contribution in [2.45, 2.75) is 44.2 Å². The highest BCUT2D eigenvalue weighted by molar-refractivity contribution is 5.86. The van der Waals surface area contributed by atoms with Crippen molar-refractivity contribution < 1.29 is 4.79 Å². The zero-order valence-electron chi connectivity index (χ0n) is 15.2. The lowest BCUT2D eigenvalue weighted by molar-refractivity contribution is -0.122. The monoisotopic (exact) mass is 349 g/mol. The molecular formula is C22H27N3O. The van der Waals surface area contributed by atoms with E-state index in [1.807, 2.05) is 30.3 Å². The Labute approximate surface area is 155 Å². The lowest BCUT2D eigenvalue weighted by atomic mass is 10.1. The molecule has 2 N–H and O–H groups in total. The zero-order valence-corrected chi connectivity index (χ0v) is 15.2. The Balaban J connectivity index is 1.48. The molecular weight excluding hydrogens is 322 g/mol. The van der Waals surface area contributed by atoms with Crippen molar-refractivity contribution in [3.63, 3.8) is 0 Å². The lowest BCUT2D eigenvalue weighted by Crippen LogP contribution is -2.34. The van der Waals surface area contributed by atoms with E-state index in [2.05, 4.69) is 39.8 Å². The fourth-order valence-electron chi connectivity index (χ4n) is 3.55. The van der Waals surface area contributed by atoms with Gasteiger partial charge in [-0.1, -0.05) is 30.3 Å². The second kappa shape index (κ2) is 7.81. The van der Waals surface area contributed by atoms with Gasteiger partial charge in [0.1, 0.15) is 6.04 Å². The van der Waals surface area contributed by atoms with Crippen LogP contribution in [0.2, 0.25) is 0 Å². The van der Waals surface area contributed by atoms with E-state index in [0.717, 1.165) is 37.2 Å². The number of anilines is 2. The van der Waals surface area contributed by atoms with Crippen molar-refractivity contribution in [3.8, 4) is 0 Å². The number of hydrogen-bond donors (Lipinski definition) is 2. The Bertz CT molecular complexity index is 719. The van der Waals surface area contributed by atoms with Crippen LogP contribution in [0, 0.1) is 0 Å². The van der Waals surface area contributed by atoms with Gasteiger partial charge in [0.2, 0.25) is 5.91 Å². The highest BCUT2D eigenvalue weighted by Crippen LogP contribution is 2.26. The average Bonchev–Trinajstić information content (AvgIpc) is 3.52. The van der Waals surface area contributed by atoms with Gasteiger partial charge < -0.3 is 15.5 Å². The van der Waals surface area contributed by atoms with E-state index in [1.54, 1.807) is 0 Å². The molecule has 4 nitrogen and oxygen atoms in total. The van der Waals surface area contributed by atoms with E-state index in [1.165, 1.54) is 24.9 Å². The minimum atomic E-state index is -0.363. The summed E-state index contributed by atoms with van der Waals surface area (Å²) in [6.45, 7) is 2.28. The minimum Gasteiger partial charge on any atom is -0.372 e. The molecule has 1 atom stereocenters. The number of rotatable bonds is 6. The largest absolute Gasteiger partial charge is 0.372 e. The molecule has 1 aliphatic heterocycles. The molecule has 1 heterocycles. The van der Waals surface area contributed by atoms with E-state index in [-0.39, 0.29) is 11.9 Å². The van der Waals surface area contributed by atoms with E-state index < -0.39 is 0 Å². The quantitative estimate of drug-likeness (QED) is 0.825. The number of carbonyl (C=O) groups is 1. The fourth-order valence-corrected chi connectivity index (χ4v) is 3.55. The predicted octanol–water partition coefficient (Wildman–Crippen LogP) is 4.11. The predicted molar refractivity (Wildman–Crippen MR) is 106 cm³/mol. The molecule has 0 unspecified atom stereocenters. The van der Waals surface area contributed by atoms with Gasteiger partial charge in [0.05, 0.1) is 0 Å². The number of nitrogens with zero attached hydrogens (tertiary/aromatic N) is 1. The summed E-state index contributed by atoms with van der Waals surface area (Å²) in [5, 5.41) is 6.55. The first kappa shape index (κ1) is 17.0. The molecule has 1 aliphatic carbocycles. The first-order valence-electron chi connectivity index (χ1n) is 9.76. The highest BCUT2D eigenvalue weighted by atomic mass is 16.2. The van der Waals surface area contributed by atoms with Crippen molar-refractivity contribution in [2.75, 3.05) is 23.3 Å². The van der Waals surface area contributed by atoms with Gasteiger partial charge in [0, 0.05) is 30.5 Å². The maximum atomic E-state index is 12.7. The van der Waals surface area contributed by atoms with Gasteiger partial charge in [-0.05, 0) is 61.9 Å². The summed E-state index contributed by atoms with van der Waals surface area (Å²) in [6, 6.07) is 18.4. The van der Waals surface area contributed by atoms with E-state index >= 15 is 0 Å². The number of benzene rings is 2. The maximum Gasteiger partial charge on any atom is 0.247 e. The van der Waals surface area contributed by atoms with Gasteiger partial charge in [0.25, 0.3) is 0 Å². The molecule has 1 saturated heterocycles. The second-order valence-corrected chi connectivity index (χ2v) is 7.37. The molecule has 1 amide bonds. The first-order valence-corrected chi connectivity index (χ1v) is 9.76. The molecule has 26 heavy (non-hydrogen) atoms. The maximum absolute atomic E-state index is 12.7. The highest BCUT2D eigenvalue weighted by Gasteiger charge is 2.28. The third-order valence-electron chi connectivity index (χ3n) is 5.22. The molecule has 2 aliphatic rings. The van der Waals surface area contributed by atoms with E-state index in [0.29, 0.717) is 6.04 Å². The number of carbonyl (C=O) groups excluding carboxylic acids is 1. The van der Waals surface area contributed by atoms with Gasteiger partial charge in [-0.2, -0.15) is 0 Å². The topological polar surface area (TPSA) is 44.4 Å². The van der Waals surface area contributed by atoms with E-state index in [9.17, 15) is 4.79 Å². The van der Waals surface area contributed by atoms with Crippen LogP contribution >= 0.6 is 0 Å². The molecule has 0 radical (unpaired) electrons. The summed E-state index contributed by atoms with van der Waals surface area (Å²) in [5.74, 6) is 0.0545. The first-order chi connectivity index (χ1) is 12.8. The van der Waals surface area contributed by atoms with Crippen LogP contribution in [0.1, 0.15) is 43.7 Å². The van der Waals surface area contributed by atoms with Gasteiger partial charge >= 0.3 is 0 Å². The lowest BCUT2D eigenvalue weighted by Gasteiger charge is -2.29. The van der Waals surface area contributed by atoms with Crippen molar-refractivity contribution >= 4 is 17.3 Å². The molecule has 2 fully saturated rings. The van der Waals surface area contributed by atoms with Gasteiger partial charge in [-0.15, -0.1) is 0 Å². The van der Waals surface area contributed by atoms with Crippen LogP contribution in [0.25, 0.3) is 0 Å². The van der Waals surface area contributed by atoms with Gasteiger partial charge in [-0.3, -0.25) is 4.79 Å². The van der Waals surface area contributed by atoms with Crippen LogP contribution in [0.5, 0.6) is 0 Å². The van der Waals surface area contributed by atoms with Gasteiger partial charge in [0.15, 0.2) is 0 Å². The molecule has 1 saturated carbocycles. The SMILES string of the molecule is O=C(NC1CC1)[C@H](Nc1ccc(N2CCCCC2)cc1)c1ccccc1. The molecule has 4 heteroatoms. The normalized spacial score (nSPS) is 18.2. The minimum absolute atomic E-state index is 0.0545. The molecule has 0 aromatic heterocycles. The van der Waals surface area contributed by atoms with E-state index in [4.69, 9.17) is 0 Å². The van der Waals surface area contributed by atoms with Crippen LogP contribution < -0.4 is 15.5 Å². The number of piperidine rings is 1. The van der Waals surface area contributed by atoms with Crippen LogP contribution in [0.15, 0.2) is 54.6 Å². The standard InChI is InChI=1S/C22H27N3O/c26-22(24-19-9-10-19)21(17-7-3-1-4-8-17)23-18-11-13-20(14-12-18)25-15-5-2-6-16-25/h1,3-4,7-8,11-14,19,21,23H,2,5-6,9-10,15-16H2,(H,24,26)/t21-/m1/s1. The molecule has 4 rings (SSSR count). The summed E-state index contributed by atoms with van der Waals surface area (Å²) in [4.78, 5) is 15.2. The molecule has 0 spiro atoms. The Morgan fingerprint density at radius 1 is 0.923 bits per heavy atom. The van der Waals surface area contributed by atoms with Crippen LogP contribution in [-0.2, 0) is 4.79 Å². The summed E-state index contributed by atoms with van der Waals surface area (Å²) in [6.07, 6.45) is 6.08. The van der Waals surface area contributed by atoms with Crippen molar-refractivity contribution in [1.82, 2.24) is 5.32 Å². The molecule has 2 aromatic rings. The Hall–Kier alpha value is -2.49. The smallest absolute Gasteiger partial charge is 0.247 e. The number of hydrogen-bond acceptors (Lipinski definition) is 3.